The lowest BCUT2D eigenvalue weighted by atomic mass is 9.62. The number of aliphatic carboxylic acids is 1. The summed E-state index contributed by atoms with van der Waals surface area (Å²) in [7, 11) is 0. The van der Waals surface area contributed by atoms with Crippen molar-refractivity contribution in [3.63, 3.8) is 0 Å². The number of nitrogens with one attached hydrogen (secondary N) is 3. The van der Waals surface area contributed by atoms with E-state index >= 15 is 0 Å². The number of anilines is 1. The summed E-state index contributed by atoms with van der Waals surface area (Å²) in [6.45, 7) is 5.83. The number of aliphatic hydroxyl groups excluding tert-OH is 2. The summed E-state index contributed by atoms with van der Waals surface area (Å²) in [4.78, 5) is 24.6. The highest BCUT2D eigenvalue weighted by Gasteiger charge is 2.65. The molecule has 2 aromatic carbocycles. The zero-order valence-electron chi connectivity index (χ0n) is 21.6. The van der Waals surface area contributed by atoms with Crippen LogP contribution in [0.25, 0.3) is 0 Å². The number of aliphatic hydroxyl groups is 2. The van der Waals surface area contributed by atoms with Crippen LogP contribution in [0.1, 0.15) is 50.7 Å². The minimum Gasteiger partial charge on any atom is -0.479 e. The number of carbonyl (C=O) groups excluding carboxylic acids is 1. The van der Waals surface area contributed by atoms with Gasteiger partial charge in [-0.15, -0.1) is 0 Å². The number of carboxylic acids is 1. The van der Waals surface area contributed by atoms with Gasteiger partial charge in [-0.2, -0.15) is 0 Å². The predicted molar refractivity (Wildman–Crippen MR) is 143 cm³/mol. The molecule has 1 saturated heterocycles. The maximum atomic E-state index is 14.9. The molecule has 4 rings (SSSR count). The molecule has 39 heavy (non-hydrogen) atoms. The van der Waals surface area contributed by atoms with Gasteiger partial charge in [0.15, 0.2) is 6.10 Å². The summed E-state index contributed by atoms with van der Waals surface area (Å²) >= 11 is 12.2. The van der Waals surface area contributed by atoms with Crippen molar-refractivity contribution in [2.24, 2.45) is 5.41 Å². The van der Waals surface area contributed by atoms with Crippen molar-refractivity contribution in [3.8, 4) is 0 Å². The highest BCUT2D eigenvalue weighted by Crippen LogP contribution is 2.58. The first-order valence-corrected chi connectivity index (χ1v) is 13.3. The molecule has 0 aromatic heterocycles. The van der Waals surface area contributed by atoms with Crippen LogP contribution in [0.3, 0.4) is 0 Å². The number of halogens is 4. The summed E-state index contributed by atoms with van der Waals surface area (Å²) < 4.78 is 29.1. The topological polar surface area (TPSA) is 131 Å². The molecular formula is C27H31Cl2F2N3O5. The third-order valence-corrected chi connectivity index (χ3v) is 8.06. The van der Waals surface area contributed by atoms with Crippen molar-refractivity contribution in [2.75, 3.05) is 11.9 Å². The van der Waals surface area contributed by atoms with Crippen molar-refractivity contribution >= 4 is 40.8 Å². The second kappa shape index (κ2) is 10.8. The van der Waals surface area contributed by atoms with Gasteiger partial charge in [0, 0.05) is 30.6 Å². The molecule has 2 aromatic rings. The van der Waals surface area contributed by atoms with Crippen LogP contribution in [0.4, 0.5) is 14.5 Å². The Morgan fingerprint density at radius 2 is 1.79 bits per heavy atom. The Balaban J connectivity index is 1.88. The van der Waals surface area contributed by atoms with Gasteiger partial charge < -0.3 is 31.3 Å². The smallest absolute Gasteiger partial charge is 0.332 e. The van der Waals surface area contributed by atoms with E-state index in [0.29, 0.717) is 23.2 Å². The maximum Gasteiger partial charge on any atom is 0.332 e. The van der Waals surface area contributed by atoms with E-state index in [1.54, 1.807) is 0 Å². The van der Waals surface area contributed by atoms with Gasteiger partial charge >= 0.3 is 5.97 Å². The van der Waals surface area contributed by atoms with E-state index in [4.69, 9.17) is 28.3 Å². The molecule has 212 valence electrons. The SMILES string of the molecule is CC(C)(C)C[C@H]1N[C@@H](C(=O)NCC[C@H](O)C(=O)O)[C@H](c2ccc(F)c(Cl)c2)[C@]12c1cc(F)c(Cl)cc1NC2O. The van der Waals surface area contributed by atoms with Crippen LogP contribution in [0.15, 0.2) is 30.3 Å². The molecule has 12 heteroatoms. The molecule has 0 bridgehead atoms. The van der Waals surface area contributed by atoms with Crippen molar-refractivity contribution < 1.29 is 33.7 Å². The second-order valence-corrected chi connectivity index (χ2v) is 12.2. The molecule has 1 spiro atoms. The average molecular weight is 586 g/mol. The third-order valence-electron chi connectivity index (χ3n) is 7.48. The molecule has 2 aliphatic heterocycles. The molecule has 1 amide bonds. The highest BCUT2D eigenvalue weighted by molar-refractivity contribution is 6.31. The number of hydrogen-bond acceptors (Lipinski definition) is 6. The number of amides is 1. The summed E-state index contributed by atoms with van der Waals surface area (Å²) in [5.74, 6) is -4.20. The zero-order valence-corrected chi connectivity index (χ0v) is 23.1. The lowest BCUT2D eigenvalue weighted by Gasteiger charge is -2.41. The molecule has 2 heterocycles. The first kappa shape index (κ1) is 29.5. The highest BCUT2D eigenvalue weighted by atomic mass is 35.5. The average Bonchev–Trinajstić information content (AvgIpc) is 3.30. The molecule has 2 aliphatic rings. The fourth-order valence-electron chi connectivity index (χ4n) is 5.90. The third kappa shape index (κ3) is 5.45. The lowest BCUT2D eigenvalue weighted by molar-refractivity contribution is -0.147. The minimum atomic E-state index is -1.66. The van der Waals surface area contributed by atoms with E-state index in [1.165, 1.54) is 30.3 Å². The Hall–Kier alpha value is -2.50. The fourth-order valence-corrected chi connectivity index (χ4v) is 6.26. The van der Waals surface area contributed by atoms with Crippen LogP contribution in [0.5, 0.6) is 0 Å². The number of carbonyl (C=O) groups is 2. The van der Waals surface area contributed by atoms with Crippen molar-refractivity contribution in [3.05, 3.63) is 63.1 Å². The van der Waals surface area contributed by atoms with Gasteiger partial charge in [-0.05, 0) is 47.2 Å². The fraction of sp³-hybridized carbons (Fsp3) is 0.481. The number of hydrogen-bond donors (Lipinski definition) is 6. The summed E-state index contributed by atoms with van der Waals surface area (Å²) in [5, 5.41) is 38.9. The van der Waals surface area contributed by atoms with Gasteiger partial charge in [0.05, 0.1) is 21.5 Å². The van der Waals surface area contributed by atoms with E-state index in [1.807, 2.05) is 20.8 Å². The molecule has 1 unspecified atom stereocenters. The monoisotopic (exact) mass is 585 g/mol. The van der Waals surface area contributed by atoms with Crippen molar-refractivity contribution in [1.29, 1.82) is 0 Å². The van der Waals surface area contributed by atoms with Crippen LogP contribution < -0.4 is 16.0 Å². The Bertz CT molecular complexity index is 1290. The van der Waals surface area contributed by atoms with Gasteiger partial charge in [-0.1, -0.05) is 50.0 Å². The number of fused-ring (bicyclic) bond motifs is 2. The standard InChI is InChI=1S/C27H31Cl2F2N3O5/c1-26(2,3)11-20-27(13-9-17(31)15(29)10-18(13)33-25(27)39)21(12-4-5-16(30)14(28)8-12)22(34-20)23(36)32-7-6-19(35)24(37)38/h4-5,8-10,19-22,25,33-35,39H,6-7,11H2,1-3H3,(H,32,36)(H,37,38)/t19-,20+,21-,22+,25?,27-/m0/s1. The van der Waals surface area contributed by atoms with Gasteiger partial charge in [-0.3, -0.25) is 4.79 Å². The molecular weight excluding hydrogens is 555 g/mol. The molecule has 6 N–H and O–H groups in total. The molecule has 1 fully saturated rings. The minimum absolute atomic E-state index is 0.139. The van der Waals surface area contributed by atoms with Gasteiger partial charge in [0.25, 0.3) is 0 Å². The van der Waals surface area contributed by atoms with E-state index in [0.717, 1.165) is 0 Å². The van der Waals surface area contributed by atoms with Crippen molar-refractivity contribution in [1.82, 2.24) is 10.6 Å². The first-order chi connectivity index (χ1) is 18.2. The number of rotatable bonds is 7. The second-order valence-electron chi connectivity index (χ2n) is 11.3. The first-order valence-electron chi connectivity index (χ1n) is 12.5. The summed E-state index contributed by atoms with van der Waals surface area (Å²) in [6.07, 6.45) is -2.74. The molecule has 0 saturated carbocycles. The normalized spacial score (nSPS) is 26.8. The van der Waals surface area contributed by atoms with E-state index in [2.05, 4.69) is 16.0 Å². The maximum absolute atomic E-state index is 14.9. The van der Waals surface area contributed by atoms with Crippen LogP contribution >= 0.6 is 23.2 Å². The lowest BCUT2D eigenvalue weighted by Crippen LogP contribution is -2.52. The number of carboxylic acid groups (broad SMARTS) is 1. The number of benzene rings is 2. The van der Waals surface area contributed by atoms with E-state index in [-0.39, 0.29) is 28.4 Å². The molecule has 0 radical (unpaired) electrons. The molecule has 6 atom stereocenters. The van der Waals surface area contributed by atoms with Crippen LogP contribution in [0.2, 0.25) is 10.0 Å². The Kier molecular flexibility index (Phi) is 8.18. The quantitative estimate of drug-likeness (QED) is 0.291. The van der Waals surface area contributed by atoms with Gasteiger partial charge in [0.1, 0.15) is 17.9 Å². The van der Waals surface area contributed by atoms with Crippen molar-refractivity contribution in [2.45, 2.75) is 69.4 Å². The van der Waals surface area contributed by atoms with Crippen LogP contribution in [0, 0.1) is 17.0 Å². The largest absolute Gasteiger partial charge is 0.479 e. The summed E-state index contributed by atoms with van der Waals surface area (Å²) in [6, 6.07) is 5.04. The summed E-state index contributed by atoms with van der Waals surface area (Å²) in [5.41, 5.74) is -0.392. The Labute approximate surface area is 234 Å². The Morgan fingerprint density at radius 1 is 1.13 bits per heavy atom. The van der Waals surface area contributed by atoms with Gasteiger partial charge in [0.2, 0.25) is 5.91 Å². The molecule has 8 nitrogen and oxygen atoms in total. The Morgan fingerprint density at radius 3 is 2.41 bits per heavy atom. The van der Waals surface area contributed by atoms with Gasteiger partial charge in [-0.25, -0.2) is 13.6 Å². The molecule has 0 aliphatic carbocycles. The predicted octanol–water partition coefficient (Wildman–Crippen LogP) is 3.77. The van der Waals surface area contributed by atoms with E-state index in [9.17, 15) is 28.6 Å². The zero-order chi connectivity index (χ0) is 28.9. The van der Waals surface area contributed by atoms with Crippen LogP contribution in [-0.2, 0) is 15.0 Å². The van der Waals surface area contributed by atoms with Crippen LogP contribution in [-0.4, -0.2) is 58.2 Å². The van der Waals surface area contributed by atoms with E-state index < -0.39 is 59.3 Å².